The largest absolute Gasteiger partial charge is 0.494 e. The molecular formula is C22H21N3O6S. The van der Waals surface area contributed by atoms with E-state index in [4.69, 9.17) is 14.2 Å². The van der Waals surface area contributed by atoms with Crippen LogP contribution in [0.5, 0.6) is 17.2 Å². The van der Waals surface area contributed by atoms with Crippen molar-refractivity contribution in [3.05, 3.63) is 78.1 Å². The SMILES string of the molecule is CCOc1ccc(S(=O)(=O)NN=Cc2ccc(OC(=O)c3cccnc3)c(OC)c2)cc1. The average molecular weight is 455 g/mol. The van der Waals surface area contributed by atoms with Crippen molar-refractivity contribution in [3.63, 3.8) is 0 Å². The lowest BCUT2D eigenvalue weighted by Crippen LogP contribution is -2.18. The molecule has 10 heteroatoms. The van der Waals surface area contributed by atoms with E-state index in [1.54, 1.807) is 42.6 Å². The number of rotatable bonds is 9. The molecule has 3 aromatic rings. The first kappa shape index (κ1) is 22.8. The summed E-state index contributed by atoms with van der Waals surface area (Å²) in [6, 6.07) is 13.9. The Labute approximate surface area is 185 Å². The van der Waals surface area contributed by atoms with Crippen LogP contribution in [-0.4, -0.2) is 39.3 Å². The molecule has 9 nitrogen and oxygen atoms in total. The molecule has 166 valence electrons. The van der Waals surface area contributed by atoms with E-state index in [1.807, 2.05) is 6.92 Å². The summed E-state index contributed by atoms with van der Waals surface area (Å²) in [6.45, 7) is 2.33. The number of nitrogens with zero attached hydrogens (tertiary/aromatic N) is 2. The summed E-state index contributed by atoms with van der Waals surface area (Å²) >= 11 is 0. The number of sulfonamides is 1. The van der Waals surface area contributed by atoms with E-state index in [9.17, 15) is 13.2 Å². The van der Waals surface area contributed by atoms with Gasteiger partial charge in [-0.15, -0.1) is 0 Å². The quantitative estimate of drug-likeness (QED) is 0.228. The predicted octanol–water partition coefficient (Wildman–Crippen LogP) is 3.02. The lowest BCUT2D eigenvalue weighted by Gasteiger charge is -2.10. The van der Waals surface area contributed by atoms with Crippen molar-refractivity contribution in [1.29, 1.82) is 0 Å². The number of ether oxygens (including phenoxy) is 3. The van der Waals surface area contributed by atoms with E-state index < -0.39 is 16.0 Å². The molecule has 0 fully saturated rings. The van der Waals surface area contributed by atoms with Gasteiger partial charge in [-0.3, -0.25) is 4.98 Å². The molecular weight excluding hydrogens is 434 g/mol. The Bertz CT molecular complexity index is 1200. The van der Waals surface area contributed by atoms with E-state index >= 15 is 0 Å². The first-order valence-electron chi connectivity index (χ1n) is 9.51. The second-order valence-electron chi connectivity index (χ2n) is 6.30. The molecule has 1 heterocycles. The highest BCUT2D eigenvalue weighted by atomic mass is 32.2. The fraction of sp³-hybridized carbons (Fsp3) is 0.136. The number of hydrazone groups is 1. The molecule has 0 aliphatic heterocycles. The van der Waals surface area contributed by atoms with Gasteiger partial charge in [0.15, 0.2) is 11.5 Å². The van der Waals surface area contributed by atoms with Crippen LogP contribution in [-0.2, 0) is 10.0 Å². The minimum atomic E-state index is -3.84. The summed E-state index contributed by atoms with van der Waals surface area (Å²) in [7, 11) is -2.42. The zero-order chi connectivity index (χ0) is 23.0. The number of pyridine rings is 1. The van der Waals surface area contributed by atoms with Crippen molar-refractivity contribution in [2.45, 2.75) is 11.8 Å². The van der Waals surface area contributed by atoms with Gasteiger partial charge in [-0.2, -0.15) is 13.5 Å². The topological polar surface area (TPSA) is 116 Å². The van der Waals surface area contributed by atoms with E-state index in [0.29, 0.717) is 23.5 Å². The van der Waals surface area contributed by atoms with Gasteiger partial charge in [0.2, 0.25) is 0 Å². The third-order valence-electron chi connectivity index (χ3n) is 4.12. The summed E-state index contributed by atoms with van der Waals surface area (Å²) < 4.78 is 40.7. The fourth-order valence-electron chi connectivity index (χ4n) is 2.60. The van der Waals surface area contributed by atoms with Gasteiger partial charge < -0.3 is 14.2 Å². The van der Waals surface area contributed by atoms with Gasteiger partial charge in [-0.05, 0) is 67.1 Å². The maximum atomic E-state index is 12.4. The number of methoxy groups -OCH3 is 1. The molecule has 2 aromatic carbocycles. The minimum absolute atomic E-state index is 0.0494. The molecule has 0 saturated heterocycles. The fourth-order valence-corrected chi connectivity index (χ4v) is 3.39. The Morgan fingerprint density at radius 2 is 1.91 bits per heavy atom. The van der Waals surface area contributed by atoms with Crippen molar-refractivity contribution in [3.8, 4) is 17.2 Å². The molecule has 0 amide bonds. The number of benzene rings is 2. The number of carbonyl (C=O) groups is 1. The summed E-state index contributed by atoms with van der Waals surface area (Å²) in [6.07, 6.45) is 4.25. The van der Waals surface area contributed by atoms with Gasteiger partial charge in [0.05, 0.1) is 30.4 Å². The normalized spacial score (nSPS) is 11.2. The van der Waals surface area contributed by atoms with E-state index in [1.165, 1.54) is 37.7 Å². The summed E-state index contributed by atoms with van der Waals surface area (Å²) in [4.78, 5) is 18.3. The monoisotopic (exact) mass is 455 g/mol. The Balaban J connectivity index is 1.68. The number of aromatic nitrogens is 1. The van der Waals surface area contributed by atoms with Crippen molar-refractivity contribution < 1.29 is 27.4 Å². The van der Waals surface area contributed by atoms with Crippen LogP contribution < -0.4 is 19.0 Å². The molecule has 1 N–H and O–H groups in total. The summed E-state index contributed by atoms with van der Waals surface area (Å²) in [5.74, 6) is 0.473. The highest BCUT2D eigenvalue weighted by Gasteiger charge is 2.14. The Hall–Kier alpha value is -3.92. The second kappa shape index (κ2) is 10.4. The highest BCUT2D eigenvalue weighted by Crippen LogP contribution is 2.28. The lowest BCUT2D eigenvalue weighted by atomic mass is 10.2. The first-order valence-corrected chi connectivity index (χ1v) is 11.0. The molecule has 3 rings (SSSR count). The van der Waals surface area contributed by atoms with Gasteiger partial charge in [-0.25, -0.2) is 9.63 Å². The van der Waals surface area contributed by atoms with E-state index in [2.05, 4.69) is 14.9 Å². The van der Waals surface area contributed by atoms with Gasteiger partial charge in [-0.1, -0.05) is 0 Å². The van der Waals surface area contributed by atoms with Gasteiger partial charge in [0.1, 0.15) is 5.75 Å². The Morgan fingerprint density at radius 3 is 2.56 bits per heavy atom. The molecule has 32 heavy (non-hydrogen) atoms. The number of hydrogen-bond acceptors (Lipinski definition) is 8. The van der Waals surface area contributed by atoms with Crippen LogP contribution in [0.1, 0.15) is 22.8 Å². The van der Waals surface area contributed by atoms with Gasteiger partial charge in [0, 0.05) is 12.4 Å². The first-order chi connectivity index (χ1) is 15.4. The van der Waals surface area contributed by atoms with Crippen LogP contribution in [0.3, 0.4) is 0 Å². The molecule has 0 aliphatic carbocycles. The maximum absolute atomic E-state index is 12.4. The number of hydrogen-bond donors (Lipinski definition) is 1. The van der Waals surface area contributed by atoms with Crippen LogP contribution in [0, 0.1) is 0 Å². The van der Waals surface area contributed by atoms with E-state index in [0.717, 1.165) is 0 Å². The van der Waals surface area contributed by atoms with E-state index in [-0.39, 0.29) is 16.4 Å². The number of nitrogens with one attached hydrogen (secondary N) is 1. The molecule has 0 aliphatic rings. The van der Waals surface area contributed by atoms with Crippen LogP contribution >= 0.6 is 0 Å². The Morgan fingerprint density at radius 1 is 1.12 bits per heavy atom. The third-order valence-corrected chi connectivity index (χ3v) is 5.36. The zero-order valence-corrected chi connectivity index (χ0v) is 18.2. The molecule has 1 aromatic heterocycles. The van der Waals surface area contributed by atoms with Crippen LogP contribution in [0.25, 0.3) is 0 Å². The van der Waals surface area contributed by atoms with Crippen LogP contribution in [0.15, 0.2) is 77.0 Å². The maximum Gasteiger partial charge on any atom is 0.345 e. The average Bonchev–Trinajstić information content (AvgIpc) is 2.81. The van der Waals surface area contributed by atoms with Gasteiger partial charge in [0.25, 0.3) is 10.0 Å². The zero-order valence-electron chi connectivity index (χ0n) is 17.4. The number of esters is 1. The lowest BCUT2D eigenvalue weighted by molar-refractivity contribution is 0.0729. The molecule has 0 bridgehead atoms. The predicted molar refractivity (Wildman–Crippen MR) is 118 cm³/mol. The molecule has 0 unspecified atom stereocenters. The minimum Gasteiger partial charge on any atom is -0.494 e. The van der Waals surface area contributed by atoms with Crippen molar-refractivity contribution >= 4 is 22.2 Å². The molecule has 0 atom stereocenters. The molecule has 0 spiro atoms. The van der Waals surface area contributed by atoms with Crippen molar-refractivity contribution in [2.75, 3.05) is 13.7 Å². The number of carbonyl (C=O) groups excluding carboxylic acids is 1. The highest BCUT2D eigenvalue weighted by molar-refractivity contribution is 7.89. The third kappa shape index (κ3) is 5.82. The van der Waals surface area contributed by atoms with Crippen molar-refractivity contribution in [1.82, 2.24) is 9.82 Å². The molecule has 0 saturated carbocycles. The summed E-state index contributed by atoms with van der Waals surface area (Å²) in [5.41, 5.74) is 0.821. The second-order valence-corrected chi connectivity index (χ2v) is 7.96. The van der Waals surface area contributed by atoms with Crippen molar-refractivity contribution in [2.24, 2.45) is 5.10 Å². The Kier molecular flexibility index (Phi) is 7.40. The standard InChI is InChI=1S/C22H21N3O6S/c1-3-30-18-7-9-19(10-8-18)32(27,28)25-24-14-16-6-11-20(21(13-16)29-2)31-22(26)17-5-4-12-23-15-17/h4-15,25H,3H2,1-2H3. The van der Waals surface area contributed by atoms with Gasteiger partial charge >= 0.3 is 5.97 Å². The smallest absolute Gasteiger partial charge is 0.345 e. The molecule has 0 radical (unpaired) electrons. The summed E-state index contributed by atoms with van der Waals surface area (Å²) in [5, 5.41) is 3.80. The van der Waals surface area contributed by atoms with Crippen LogP contribution in [0.2, 0.25) is 0 Å². The van der Waals surface area contributed by atoms with Crippen LogP contribution in [0.4, 0.5) is 0 Å².